The van der Waals surface area contributed by atoms with Crippen molar-refractivity contribution in [1.82, 2.24) is 19.6 Å². The molecule has 0 atom stereocenters. The van der Waals surface area contributed by atoms with Crippen molar-refractivity contribution in [2.75, 3.05) is 5.73 Å². The lowest BCUT2D eigenvalue weighted by Gasteiger charge is -2.15. The number of hydrogen-bond acceptors (Lipinski definition) is 6. The topological polar surface area (TPSA) is 87.6 Å². The predicted octanol–water partition coefficient (Wildman–Crippen LogP) is 2.87. The number of halogens is 5. The second-order valence-corrected chi connectivity index (χ2v) is 4.64. The molecule has 0 unspecified atom stereocenters. The lowest BCUT2D eigenvalue weighted by Crippen LogP contribution is -2.18. The molecule has 0 saturated carbocycles. The van der Waals surface area contributed by atoms with Crippen LogP contribution in [-0.4, -0.2) is 32.6 Å². The molecule has 0 fully saturated rings. The molecule has 0 aliphatic heterocycles. The quantitative estimate of drug-likeness (QED) is 0.719. The number of ether oxygens (including phenoxy) is 2. The third-order valence-electron chi connectivity index (χ3n) is 3.04. The Kier molecular flexibility index (Phi) is 4.02. The Morgan fingerprint density at radius 1 is 1.16 bits per heavy atom. The number of imidazole rings is 1. The second kappa shape index (κ2) is 6.03. The summed E-state index contributed by atoms with van der Waals surface area (Å²) in [6.07, 6.45) is -2.46. The van der Waals surface area contributed by atoms with E-state index in [1.54, 1.807) is 0 Å². The standard InChI is InChI=1S/C13H8F5N5O2/c14-11(15)24-6-1-2-7(9(3-6)25-13(16,17)18)10-8-4-20-5-23(8)12(19)22-21-10/h1-5,11H,(H2,19,22). The highest BCUT2D eigenvalue weighted by molar-refractivity contribution is 5.81. The van der Waals surface area contributed by atoms with Crippen LogP contribution in [0.1, 0.15) is 0 Å². The maximum absolute atomic E-state index is 12.7. The van der Waals surface area contributed by atoms with Gasteiger partial charge < -0.3 is 15.2 Å². The SMILES string of the molecule is Nc1nnc(-c2ccc(OC(F)F)cc2OC(F)(F)F)c2cncn12. The van der Waals surface area contributed by atoms with Crippen LogP contribution in [0.4, 0.5) is 27.9 Å². The van der Waals surface area contributed by atoms with Crippen molar-refractivity contribution < 1.29 is 31.4 Å². The van der Waals surface area contributed by atoms with Crippen molar-refractivity contribution in [3.63, 3.8) is 0 Å². The molecule has 25 heavy (non-hydrogen) atoms. The normalized spacial score (nSPS) is 11.9. The Morgan fingerprint density at radius 2 is 1.92 bits per heavy atom. The molecule has 3 aromatic rings. The first-order valence-corrected chi connectivity index (χ1v) is 6.54. The highest BCUT2D eigenvalue weighted by atomic mass is 19.4. The summed E-state index contributed by atoms with van der Waals surface area (Å²) in [6.45, 7) is -3.21. The zero-order valence-corrected chi connectivity index (χ0v) is 12.0. The van der Waals surface area contributed by atoms with Crippen molar-refractivity contribution in [2.24, 2.45) is 0 Å². The van der Waals surface area contributed by atoms with Gasteiger partial charge in [-0.2, -0.15) is 8.78 Å². The molecule has 0 radical (unpaired) electrons. The fraction of sp³-hybridized carbons (Fsp3) is 0.154. The van der Waals surface area contributed by atoms with Gasteiger partial charge in [0.15, 0.2) is 0 Å². The van der Waals surface area contributed by atoms with Gasteiger partial charge in [0.1, 0.15) is 23.5 Å². The Labute approximate surface area is 135 Å². The Bertz CT molecular complexity index is 911. The first-order valence-electron chi connectivity index (χ1n) is 6.54. The van der Waals surface area contributed by atoms with Gasteiger partial charge in [-0.3, -0.25) is 4.40 Å². The van der Waals surface area contributed by atoms with Crippen LogP contribution in [0.5, 0.6) is 11.5 Å². The number of nitrogens with two attached hydrogens (primary N) is 1. The summed E-state index contributed by atoms with van der Waals surface area (Å²) < 4.78 is 71.9. The summed E-state index contributed by atoms with van der Waals surface area (Å²) in [5, 5.41) is 7.38. The van der Waals surface area contributed by atoms with E-state index in [0.29, 0.717) is 6.07 Å². The molecule has 0 spiro atoms. The Hall–Kier alpha value is -3.18. The molecule has 2 aromatic heterocycles. The van der Waals surface area contributed by atoms with E-state index in [1.807, 2.05) is 0 Å². The first-order chi connectivity index (χ1) is 11.7. The number of rotatable bonds is 4. The molecular weight excluding hydrogens is 353 g/mol. The number of anilines is 1. The van der Waals surface area contributed by atoms with Gasteiger partial charge in [0.2, 0.25) is 5.95 Å². The molecule has 2 N–H and O–H groups in total. The summed E-state index contributed by atoms with van der Waals surface area (Å²) in [5.41, 5.74) is 5.66. The molecule has 0 amide bonds. The van der Waals surface area contributed by atoms with Crippen molar-refractivity contribution in [1.29, 1.82) is 0 Å². The monoisotopic (exact) mass is 361 g/mol. The van der Waals surface area contributed by atoms with Crippen LogP contribution >= 0.6 is 0 Å². The number of benzene rings is 1. The van der Waals surface area contributed by atoms with E-state index < -0.39 is 24.5 Å². The van der Waals surface area contributed by atoms with Gasteiger partial charge in [-0.05, 0) is 12.1 Å². The Balaban J connectivity index is 2.16. The van der Waals surface area contributed by atoms with Gasteiger partial charge >= 0.3 is 13.0 Å². The van der Waals surface area contributed by atoms with Gasteiger partial charge in [0.25, 0.3) is 0 Å². The smallest absolute Gasteiger partial charge is 0.435 e. The lowest BCUT2D eigenvalue weighted by molar-refractivity contribution is -0.274. The van der Waals surface area contributed by atoms with Crippen molar-refractivity contribution in [2.45, 2.75) is 13.0 Å². The zero-order chi connectivity index (χ0) is 18.2. The fourth-order valence-corrected chi connectivity index (χ4v) is 2.13. The van der Waals surface area contributed by atoms with E-state index >= 15 is 0 Å². The molecular formula is C13H8F5N5O2. The summed E-state index contributed by atoms with van der Waals surface area (Å²) in [5.74, 6) is -1.33. The van der Waals surface area contributed by atoms with Gasteiger partial charge in [-0.1, -0.05) is 0 Å². The lowest BCUT2D eigenvalue weighted by atomic mass is 10.1. The molecule has 3 rings (SSSR count). The molecule has 0 aliphatic rings. The second-order valence-electron chi connectivity index (χ2n) is 4.64. The largest absolute Gasteiger partial charge is 0.573 e. The van der Waals surface area contributed by atoms with Crippen LogP contribution in [0.25, 0.3) is 16.8 Å². The number of fused-ring (bicyclic) bond motifs is 1. The van der Waals surface area contributed by atoms with Crippen LogP contribution in [-0.2, 0) is 0 Å². The minimum Gasteiger partial charge on any atom is -0.435 e. The van der Waals surface area contributed by atoms with E-state index in [9.17, 15) is 22.0 Å². The fourth-order valence-electron chi connectivity index (χ4n) is 2.13. The van der Waals surface area contributed by atoms with Gasteiger partial charge in [-0.25, -0.2) is 4.98 Å². The number of aromatic nitrogens is 4. The average Bonchev–Trinajstić information content (AvgIpc) is 2.97. The van der Waals surface area contributed by atoms with Crippen LogP contribution in [0.3, 0.4) is 0 Å². The summed E-state index contributed by atoms with van der Waals surface area (Å²) in [6, 6.07) is 2.82. The molecule has 0 saturated heterocycles. The maximum atomic E-state index is 12.7. The number of nitrogens with zero attached hydrogens (tertiary/aromatic N) is 4. The van der Waals surface area contributed by atoms with Crippen LogP contribution < -0.4 is 15.2 Å². The van der Waals surface area contributed by atoms with E-state index in [2.05, 4.69) is 24.7 Å². The number of nitrogen functional groups attached to an aromatic ring is 1. The van der Waals surface area contributed by atoms with E-state index in [-0.39, 0.29) is 22.7 Å². The van der Waals surface area contributed by atoms with E-state index in [0.717, 1.165) is 12.1 Å². The van der Waals surface area contributed by atoms with Crippen molar-refractivity contribution in [3.05, 3.63) is 30.7 Å². The molecule has 7 nitrogen and oxygen atoms in total. The highest BCUT2D eigenvalue weighted by Gasteiger charge is 2.33. The van der Waals surface area contributed by atoms with Crippen molar-refractivity contribution >= 4 is 11.5 Å². The Morgan fingerprint density at radius 3 is 2.60 bits per heavy atom. The minimum atomic E-state index is -5.06. The minimum absolute atomic E-state index is 0.0328. The van der Waals surface area contributed by atoms with Gasteiger partial charge in [0, 0.05) is 11.6 Å². The number of hydrogen-bond donors (Lipinski definition) is 1. The summed E-state index contributed by atoms with van der Waals surface area (Å²) in [7, 11) is 0. The molecule has 132 valence electrons. The molecule has 12 heteroatoms. The van der Waals surface area contributed by atoms with E-state index in [1.165, 1.54) is 16.9 Å². The third-order valence-corrected chi connectivity index (χ3v) is 3.04. The van der Waals surface area contributed by atoms with Crippen LogP contribution in [0, 0.1) is 0 Å². The molecule has 2 heterocycles. The third kappa shape index (κ3) is 3.51. The number of alkyl halides is 5. The van der Waals surface area contributed by atoms with Crippen molar-refractivity contribution in [3.8, 4) is 22.8 Å². The maximum Gasteiger partial charge on any atom is 0.573 e. The summed E-state index contributed by atoms with van der Waals surface area (Å²) in [4.78, 5) is 3.83. The molecule has 0 bridgehead atoms. The summed E-state index contributed by atoms with van der Waals surface area (Å²) >= 11 is 0. The van der Waals surface area contributed by atoms with E-state index in [4.69, 9.17) is 5.73 Å². The van der Waals surface area contributed by atoms with Crippen LogP contribution in [0.15, 0.2) is 30.7 Å². The molecule has 1 aromatic carbocycles. The van der Waals surface area contributed by atoms with Gasteiger partial charge in [-0.15, -0.1) is 23.4 Å². The van der Waals surface area contributed by atoms with Crippen LogP contribution in [0.2, 0.25) is 0 Å². The average molecular weight is 361 g/mol. The molecule has 0 aliphatic carbocycles. The zero-order valence-electron chi connectivity index (χ0n) is 12.0. The highest BCUT2D eigenvalue weighted by Crippen LogP contribution is 2.37. The van der Waals surface area contributed by atoms with Gasteiger partial charge in [0.05, 0.1) is 11.7 Å². The predicted molar refractivity (Wildman–Crippen MR) is 73.9 cm³/mol. The first kappa shape index (κ1) is 16.7.